The van der Waals surface area contributed by atoms with Gasteiger partial charge < -0.3 is 15.4 Å². The van der Waals surface area contributed by atoms with Crippen LogP contribution in [0.25, 0.3) is 0 Å². The Kier molecular flexibility index (Phi) is 8.08. The SMILES string of the molecule is CN=C(NCc1ccccc1S(=O)(=O)N(C)C)NCC1CCCOC1C(C)(C)C. The molecule has 2 atom stereocenters. The van der Waals surface area contributed by atoms with Gasteiger partial charge in [0.2, 0.25) is 10.0 Å². The van der Waals surface area contributed by atoms with E-state index in [1.807, 2.05) is 12.1 Å². The smallest absolute Gasteiger partial charge is 0.242 e. The highest BCUT2D eigenvalue weighted by Gasteiger charge is 2.35. The summed E-state index contributed by atoms with van der Waals surface area (Å²) >= 11 is 0. The standard InChI is InChI=1S/C21H36N4O3S/c1-21(2,3)19-17(11-9-13-28-19)15-24-20(22-4)23-14-16-10-7-8-12-18(16)29(26,27)25(5)6/h7-8,10,12,17,19H,9,11,13-15H2,1-6H3,(H2,22,23,24). The number of aliphatic imine (C=N–C) groups is 1. The van der Waals surface area contributed by atoms with Gasteiger partial charge >= 0.3 is 0 Å². The summed E-state index contributed by atoms with van der Waals surface area (Å²) in [7, 11) is 1.30. The maximum atomic E-state index is 12.6. The van der Waals surface area contributed by atoms with Gasteiger partial charge in [0, 0.05) is 46.8 Å². The summed E-state index contributed by atoms with van der Waals surface area (Å²) in [5.41, 5.74) is 0.793. The third-order valence-electron chi connectivity index (χ3n) is 5.23. The highest BCUT2D eigenvalue weighted by atomic mass is 32.2. The molecule has 0 saturated carbocycles. The Bertz CT molecular complexity index is 800. The average Bonchev–Trinajstić information content (AvgIpc) is 2.67. The van der Waals surface area contributed by atoms with Crippen molar-refractivity contribution in [3.05, 3.63) is 29.8 Å². The number of hydrogen-bond donors (Lipinski definition) is 2. The number of guanidine groups is 1. The second-order valence-electron chi connectivity index (χ2n) is 8.76. The van der Waals surface area contributed by atoms with E-state index in [1.165, 1.54) is 18.4 Å². The van der Waals surface area contributed by atoms with Crippen LogP contribution in [0.4, 0.5) is 0 Å². The fourth-order valence-electron chi connectivity index (χ4n) is 3.74. The van der Waals surface area contributed by atoms with Crippen molar-refractivity contribution in [2.75, 3.05) is 34.3 Å². The Morgan fingerprint density at radius 2 is 1.93 bits per heavy atom. The summed E-state index contributed by atoms with van der Waals surface area (Å²) in [5, 5.41) is 6.64. The third-order valence-corrected chi connectivity index (χ3v) is 7.15. The van der Waals surface area contributed by atoms with Crippen molar-refractivity contribution >= 4 is 16.0 Å². The summed E-state index contributed by atoms with van der Waals surface area (Å²) in [6.07, 6.45) is 2.39. The number of nitrogens with one attached hydrogen (secondary N) is 2. The van der Waals surface area contributed by atoms with Crippen LogP contribution in [0.3, 0.4) is 0 Å². The minimum Gasteiger partial charge on any atom is -0.377 e. The van der Waals surface area contributed by atoms with Crippen molar-refractivity contribution in [3.8, 4) is 0 Å². The molecule has 2 unspecified atom stereocenters. The van der Waals surface area contributed by atoms with Gasteiger partial charge in [-0.3, -0.25) is 4.99 Å². The predicted molar refractivity (Wildman–Crippen MR) is 117 cm³/mol. The fraction of sp³-hybridized carbons (Fsp3) is 0.667. The summed E-state index contributed by atoms with van der Waals surface area (Å²) in [6.45, 7) is 8.59. The van der Waals surface area contributed by atoms with E-state index in [4.69, 9.17) is 4.74 Å². The molecule has 0 aromatic heterocycles. The van der Waals surface area contributed by atoms with Crippen LogP contribution in [0.2, 0.25) is 0 Å². The molecule has 0 amide bonds. The lowest BCUT2D eigenvalue weighted by molar-refractivity contribution is -0.0835. The number of benzene rings is 1. The van der Waals surface area contributed by atoms with Crippen LogP contribution in [0.1, 0.15) is 39.2 Å². The summed E-state index contributed by atoms with van der Waals surface area (Å²) < 4.78 is 32.4. The molecule has 0 aliphatic carbocycles. The Balaban J connectivity index is 2.02. The highest BCUT2D eigenvalue weighted by Crippen LogP contribution is 2.33. The zero-order valence-corrected chi connectivity index (χ0v) is 19.3. The molecule has 2 N–H and O–H groups in total. The lowest BCUT2D eigenvalue weighted by atomic mass is 9.78. The van der Waals surface area contributed by atoms with Crippen LogP contribution in [-0.2, 0) is 21.3 Å². The summed E-state index contributed by atoms with van der Waals surface area (Å²) in [5.74, 6) is 1.06. The largest absolute Gasteiger partial charge is 0.377 e. The summed E-state index contributed by atoms with van der Waals surface area (Å²) in [6, 6.07) is 7.04. The average molecular weight is 425 g/mol. The van der Waals surface area contributed by atoms with Crippen molar-refractivity contribution < 1.29 is 13.2 Å². The van der Waals surface area contributed by atoms with Gasteiger partial charge in [-0.1, -0.05) is 39.0 Å². The van der Waals surface area contributed by atoms with Crippen molar-refractivity contribution in [1.29, 1.82) is 0 Å². The first-order valence-electron chi connectivity index (χ1n) is 10.1. The fourth-order valence-corrected chi connectivity index (χ4v) is 4.85. The van der Waals surface area contributed by atoms with E-state index in [1.54, 1.807) is 19.2 Å². The summed E-state index contributed by atoms with van der Waals surface area (Å²) in [4.78, 5) is 4.60. The van der Waals surface area contributed by atoms with Crippen LogP contribution >= 0.6 is 0 Å². The molecule has 1 aromatic rings. The predicted octanol–water partition coefficient (Wildman–Crippen LogP) is 2.44. The zero-order valence-electron chi connectivity index (χ0n) is 18.5. The van der Waals surface area contributed by atoms with Crippen LogP contribution in [0.5, 0.6) is 0 Å². The Hall–Kier alpha value is -1.64. The number of nitrogens with zero attached hydrogens (tertiary/aromatic N) is 2. The lowest BCUT2D eigenvalue weighted by Crippen LogP contribution is -2.47. The van der Waals surface area contributed by atoms with Crippen LogP contribution in [0, 0.1) is 11.3 Å². The molecular weight excluding hydrogens is 388 g/mol. The topological polar surface area (TPSA) is 83.0 Å². The molecular formula is C21H36N4O3S. The van der Waals surface area contributed by atoms with Crippen LogP contribution < -0.4 is 10.6 Å². The van der Waals surface area contributed by atoms with Crippen LogP contribution in [0.15, 0.2) is 34.2 Å². The third kappa shape index (κ3) is 6.17. The molecule has 0 radical (unpaired) electrons. The number of hydrogen-bond acceptors (Lipinski definition) is 4. The van der Waals surface area contributed by atoms with Crippen molar-refractivity contribution in [3.63, 3.8) is 0 Å². The molecule has 1 aliphatic rings. The Morgan fingerprint density at radius 1 is 1.24 bits per heavy atom. The molecule has 1 saturated heterocycles. The van der Waals surface area contributed by atoms with Gasteiger partial charge in [0.05, 0.1) is 11.0 Å². The van der Waals surface area contributed by atoms with Gasteiger partial charge in [0.25, 0.3) is 0 Å². The molecule has 1 fully saturated rings. The molecule has 29 heavy (non-hydrogen) atoms. The van der Waals surface area contributed by atoms with Gasteiger partial charge in [0.1, 0.15) is 0 Å². The maximum absolute atomic E-state index is 12.6. The van der Waals surface area contributed by atoms with Crippen molar-refractivity contribution in [2.24, 2.45) is 16.3 Å². The van der Waals surface area contributed by atoms with Gasteiger partial charge in [-0.2, -0.15) is 0 Å². The Labute approximate surface area is 176 Å². The Morgan fingerprint density at radius 3 is 2.55 bits per heavy atom. The van der Waals surface area contributed by atoms with Gasteiger partial charge in [0.15, 0.2) is 5.96 Å². The molecule has 2 rings (SSSR count). The quantitative estimate of drug-likeness (QED) is 0.541. The molecule has 1 aliphatic heterocycles. The monoisotopic (exact) mass is 424 g/mol. The van der Waals surface area contributed by atoms with Gasteiger partial charge in [-0.15, -0.1) is 0 Å². The molecule has 0 bridgehead atoms. The zero-order chi connectivity index (χ0) is 21.7. The second-order valence-corrected chi connectivity index (χ2v) is 10.9. The molecule has 8 heteroatoms. The first-order valence-corrected chi connectivity index (χ1v) is 11.6. The molecule has 7 nitrogen and oxygen atoms in total. The number of ether oxygens (including phenoxy) is 1. The molecule has 164 valence electrons. The van der Waals surface area contributed by atoms with Crippen LogP contribution in [-0.4, -0.2) is 59.1 Å². The maximum Gasteiger partial charge on any atom is 0.242 e. The van der Waals surface area contributed by atoms with E-state index in [-0.39, 0.29) is 11.5 Å². The molecule has 1 heterocycles. The van der Waals surface area contributed by atoms with E-state index in [0.29, 0.717) is 28.9 Å². The van der Waals surface area contributed by atoms with Crippen molar-refractivity contribution in [2.45, 2.75) is 51.2 Å². The van der Waals surface area contributed by atoms with Gasteiger partial charge in [-0.25, -0.2) is 12.7 Å². The minimum absolute atomic E-state index is 0.0865. The first-order chi connectivity index (χ1) is 13.6. The molecule has 0 spiro atoms. The second kappa shape index (κ2) is 9.91. The van der Waals surface area contributed by atoms with E-state index in [0.717, 1.165) is 26.0 Å². The lowest BCUT2D eigenvalue weighted by Gasteiger charge is -2.40. The van der Waals surface area contributed by atoms with Crippen molar-refractivity contribution in [1.82, 2.24) is 14.9 Å². The van der Waals surface area contributed by atoms with E-state index in [9.17, 15) is 8.42 Å². The van der Waals surface area contributed by atoms with Gasteiger partial charge in [-0.05, 0) is 29.9 Å². The normalized spacial score (nSPS) is 21.3. The number of rotatable bonds is 6. The minimum atomic E-state index is -3.50. The van der Waals surface area contributed by atoms with E-state index < -0.39 is 10.0 Å². The first kappa shape index (κ1) is 23.6. The highest BCUT2D eigenvalue weighted by molar-refractivity contribution is 7.89. The van der Waals surface area contributed by atoms with E-state index >= 15 is 0 Å². The molecule has 1 aromatic carbocycles. The van der Waals surface area contributed by atoms with E-state index in [2.05, 4.69) is 36.4 Å². The number of sulfonamides is 1.